The Morgan fingerprint density at radius 3 is 2.40 bits per heavy atom. The average molecular weight is 227 g/mol. The number of halogens is 1. The number of hydrogen-bond donors (Lipinski definition) is 1. The minimum atomic E-state index is -0.576. The summed E-state index contributed by atoms with van der Waals surface area (Å²) in [4.78, 5) is 11.9. The molecule has 15 heavy (non-hydrogen) atoms. The Balaban J connectivity index is 2.80. The van der Waals surface area contributed by atoms with Crippen LogP contribution in [0.1, 0.15) is 30.6 Å². The van der Waals surface area contributed by atoms with Crippen LogP contribution in [0.5, 0.6) is 0 Å². The van der Waals surface area contributed by atoms with Gasteiger partial charge in [-0.15, -0.1) is 0 Å². The van der Waals surface area contributed by atoms with Crippen molar-refractivity contribution in [3.8, 4) is 0 Å². The second-order valence-electron chi connectivity index (χ2n) is 3.64. The molecular weight excluding hydrogens is 212 g/mol. The lowest BCUT2D eigenvalue weighted by atomic mass is 9.93. The van der Waals surface area contributed by atoms with Crippen LogP contribution in [-0.2, 0) is 0 Å². The van der Waals surface area contributed by atoms with Crippen molar-refractivity contribution in [3.05, 3.63) is 34.9 Å². The first-order chi connectivity index (χ1) is 7.06. The summed E-state index contributed by atoms with van der Waals surface area (Å²) in [6, 6.07) is 6.73. The van der Waals surface area contributed by atoms with E-state index in [0.29, 0.717) is 17.0 Å². The van der Waals surface area contributed by atoms with Gasteiger partial charge < -0.3 is 5.11 Å². The number of ketones is 1. The maximum absolute atomic E-state index is 11.9. The van der Waals surface area contributed by atoms with E-state index in [-0.39, 0.29) is 11.7 Å². The Morgan fingerprint density at radius 1 is 1.40 bits per heavy atom. The molecule has 0 aliphatic heterocycles. The van der Waals surface area contributed by atoms with Crippen molar-refractivity contribution >= 4 is 17.4 Å². The molecular formula is C12H15ClO2. The summed E-state index contributed by atoms with van der Waals surface area (Å²) in [5.41, 5.74) is 0.597. The highest BCUT2D eigenvalue weighted by atomic mass is 35.5. The van der Waals surface area contributed by atoms with Gasteiger partial charge in [0.1, 0.15) is 0 Å². The standard InChI is InChI=1S/C12H15ClO2/c1-3-11(14)8(2)12(15)9-4-6-10(13)7-5-9/h4-8,11,14H,3H2,1-2H3/t8-,11+/m0/s1. The zero-order valence-corrected chi connectivity index (χ0v) is 9.66. The second-order valence-corrected chi connectivity index (χ2v) is 4.07. The van der Waals surface area contributed by atoms with E-state index in [1.165, 1.54) is 0 Å². The molecule has 0 saturated carbocycles. The van der Waals surface area contributed by atoms with Crippen LogP contribution in [0, 0.1) is 5.92 Å². The van der Waals surface area contributed by atoms with Gasteiger partial charge in [-0.1, -0.05) is 25.4 Å². The topological polar surface area (TPSA) is 37.3 Å². The molecule has 0 amide bonds. The zero-order valence-electron chi connectivity index (χ0n) is 8.90. The highest BCUT2D eigenvalue weighted by Gasteiger charge is 2.21. The Labute approximate surface area is 94.9 Å². The highest BCUT2D eigenvalue weighted by molar-refractivity contribution is 6.30. The van der Waals surface area contributed by atoms with Crippen molar-refractivity contribution in [2.75, 3.05) is 0 Å². The number of carbonyl (C=O) groups is 1. The lowest BCUT2D eigenvalue weighted by Crippen LogP contribution is -2.24. The van der Waals surface area contributed by atoms with E-state index < -0.39 is 6.10 Å². The Morgan fingerprint density at radius 2 is 1.93 bits per heavy atom. The number of Topliss-reactive ketones (excluding diaryl/α,β-unsaturated/α-hetero) is 1. The van der Waals surface area contributed by atoms with Gasteiger partial charge >= 0.3 is 0 Å². The third-order valence-corrected chi connectivity index (χ3v) is 2.79. The summed E-state index contributed by atoms with van der Waals surface area (Å²) >= 11 is 5.73. The van der Waals surface area contributed by atoms with Crippen LogP contribution in [0.4, 0.5) is 0 Å². The number of rotatable bonds is 4. The molecule has 1 rings (SSSR count). The predicted octanol–water partition coefficient (Wildman–Crippen LogP) is 2.93. The van der Waals surface area contributed by atoms with Crippen molar-refractivity contribution in [3.63, 3.8) is 0 Å². The van der Waals surface area contributed by atoms with Crippen LogP contribution in [0.2, 0.25) is 5.02 Å². The predicted molar refractivity (Wildman–Crippen MR) is 61.2 cm³/mol. The molecule has 0 aromatic heterocycles. The van der Waals surface area contributed by atoms with Gasteiger partial charge in [0.15, 0.2) is 5.78 Å². The highest BCUT2D eigenvalue weighted by Crippen LogP contribution is 2.16. The maximum Gasteiger partial charge on any atom is 0.168 e. The number of aliphatic hydroxyl groups is 1. The van der Waals surface area contributed by atoms with Gasteiger partial charge in [-0.25, -0.2) is 0 Å². The number of benzene rings is 1. The summed E-state index contributed by atoms with van der Waals surface area (Å²) in [5, 5.41) is 10.2. The van der Waals surface area contributed by atoms with Gasteiger partial charge in [-0.2, -0.15) is 0 Å². The smallest absolute Gasteiger partial charge is 0.168 e. The maximum atomic E-state index is 11.9. The number of carbonyl (C=O) groups excluding carboxylic acids is 1. The zero-order chi connectivity index (χ0) is 11.4. The molecule has 1 N–H and O–H groups in total. The molecule has 2 atom stereocenters. The monoisotopic (exact) mass is 226 g/mol. The SMILES string of the molecule is CC[C@@H](O)[C@H](C)C(=O)c1ccc(Cl)cc1. The Hall–Kier alpha value is -0.860. The summed E-state index contributed by atoms with van der Waals surface area (Å²) in [6.45, 7) is 3.60. The van der Waals surface area contributed by atoms with Gasteiger partial charge in [0, 0.05) is 16.5 Å². The van der Waals surface area contributed by atoms with E-state index in [2.05, 4.69) is 0 Å². The fraction of sp³-hybridized carbons (Fsp3) is 0.417. The second kappa shape index (κ2) is 5.29. The van der Waals surface area contributed by atoms with Gasteiger partial charge in [-0.3, -0.25) is 4.79 Å². The molecule has 0 saturated heterocycles. The third-order valence-electron chi connectivity index (χ3n) is 2.54. The quantitative estimate of drug-likeness (QED) is 0.802. The van der Waals surface area contributed by atoms with Crippen LogP contribution >= 0.6 is 11.6 Å². The van der Waals surface area contributed by atoms with E-state index in [4.69, 9.17) is 11.6 Å². The van der Waals surface area contributed by atoms with E-state index >= 15 is 0 Å². The van der Waals surface area contributed by atoms with E-state index in [1.54, 1.807) is 31.2 Å². The molecule has 0 bridgehead atoms. The molecule has 0 heterocycles. The van der Waals surface area contributed by atoms with E-state index in [1.807, 2.05) is 6.92 Å². The van der Waals surface area contributed by atoms with Gasteiger partial charge in [0.25, 0.3) is 0 Å². The van der Waals surface area contributed by atoms with Crippen LogP contribution in [-0.4, -0.2) is 17.0 Å². The summed E-state index contributed by atoms with van der Waals surface area (Å²) in [6.07, 6.45) is 0.00806. The van der Waals surface area contributed by atoms with Crippen molar-refractivity contribution in [2.45, 2.75) is 26.4 Å². The van der Waals surface area contributed by atoms with Crippen LogP contribution < -0.4 is 0 Å². The fourth-order valence-electron chi connectivity index (χ4n) is 1.41. The summed E-state index contributed by atoms with van der Waals surface area (Å²) in [5.74, 6) is -0.405. The molecule has 1 aromatic rings. The van der Waals surface area contributed by atoms with Crippen molar-refractivity contribution in [1.82, 2.24) is 0 Å². The van der Waals surface area contributed by atoms with Gasteiger partial charge in [0.2, 0.25) is 0 Å². The molecule has 1 aromatic carbocycles. The molecule has 0 aliphatic carbocycles. The minimum absolute atomic E-state index is 0.0407. The van der Waals surface area contributed by atoms with Crippen molar-refractivity contribution < 1.29 is 9.90 Å². The molecule has 82 valence electrons. The van der Waals surface area contributed by atoms with Gasteiger partial charge in [0.05, 0.1) is 6.10 Å². The first-order valence-electron chi connectivity index (χ1n) is 5.04. The Kier molecular flexibility index (Phi) is 4.30. The van der Waals surface area contributed by atoms with Crippen molar-refractivity contribution in [1.29, 1.82) is 0 Å². The first-order valence-corrected chi connectivity index (χ1v) is 5.42. The minimum Gasteiger partial charge on any atom is -0.392 e. The molecule has 0 fully saturated rings. The lowest BCUT2D eigenvalue weighted by molar-refractivity contribution is 0.0705. The van der Waals surface area contributed by atoms with Crippen LogP contribution in [0.15, 0.2) is 24.3 Å². The number of aliphatic hydroxyl groups excluding tert-OH is 1. The number of hydrogen-bond acceptors (Lipinski definition) is 2. The molecule has 2 nitrogen and oxygen atoms in total. The lowest BCUT2D eigenvalue weighted by Gasteiger charge is -2.15. The normalized spacial score (nSPS) is 14.7. The summed E-state index contributed by atoms with van der Waals surface area (Å²) in [7, 11) is 0. The largest absolute Gasteiger partial charge is 0.392 e. The van der Waals surface area contributed by atoms with E-state index in [9.17, 15) is 9.90 Å². The van der Waals surface area contributed by atoms with Gasteiger partial charge in [-0.05, 0) is 30.7 Å². The molecule has 0 radical (unpaired) electrons. The fourth-order valence-corrected chi connectivity index (χ4v) is 1.53. The molecule has 3 heteroatoms. The van der Waals surface area contributed by atoms with Crippen molar-refractivity contribution in [2.24, 2.45) is 5.92 Å². The summed E-state index contributed by atoms with van der Waals surface area (Å²) < 4.78 is 0. The first kappa shape index (κ1) is 12.2. The average Bonchev–Trinajstić information content (AvgIpc) is 2.27. The third kappa shape index (κ3) is 3.05. The Bertz CT molecular complexity index is 332. The molecule has 0 spiro atoms. The molecule has 0 unspecified atom stereocenters. The van der Waals surface area contributed by atoms with E-state index in [0.717, 1.165) is 0 Å². The molecule has 0 aliphatic rings. The van der Waals surface area contributed by atoms with Crippen LogP contribution in [0.3, 0.4) is 0 Å². The van der Waals surface area contributed by atoms with Crippen LogP contribution in [0.25, 0.3) is 0 Å².